The molecular weight excluding hydrogens is 212 g/mol. The van der Waals surface area contributed by atoms with Gasteiger partial charge in [0.25, 0.3) is 0 Å². The number of nitrogens with zero attached hydrogens (tertiary/aromatic N) is 1. The lowest BCUT2D eigenvalue weighted by molar-refractivity contribution is 0.168. The summed E-state index contributed by atoms with van der Waals surface area (Å²) in [7, 11) is 1.97. The molecule has 1 fully saturated rings. The smallest absolute Gasteiger partial charge is 0.122 e. The molecule has 96 valence electrons. The first-order valence-corrected chi connectivity index (χ1v) is 6.75. The van der Waals surface area contributed by atoms with Crippen LogP contribution in [0.5, 0.6) is 0 Å². The predicted octanol–water partition coefficient (Wildman–Crippen LogP) is 2.62. The van der Waals surface area contributed by atoms with Crippen LogP contribution in [0, 0.1) is 5.92 Å². The Balaban J connectivity index is 1.89. The van der Waals surface area contributed by atoms with Crippen molar-refractivity contribution in [3.05, 3.63) is 23.7 Å². The summed E-state index contributed by atoms with van der Waals surface area (Å²) in [6.07, 6.45) is 6.06. The average molecular weight is 236 g/mol. The number of rotatable bonds is 7. The van der Waals surface area contributed by atoms with Gasteiger partial charge in [-0.05, 0) is 38.4 Å². The van der Waals surface area contributed by atoms with Gasteiger partial charge in [0.1, 0.15) is 5.76 Å². The monoisotopic (exact) mass is 236 g/mol. The summed E-state index contributed by atoms with van der Waals surface area (Å²) in [6, 6.07) is 2.07. The summed E-state index contributed by atoms with van der Waals surface area (Å²) in [6.45, 7) is 6.43. The van der Waals surface area contributed by atoms with Gasteiger partial charge in [-0.2, -0.15) is 0 Å². The van der Waals surface area contributed by atoms with Gasteiger partial charge in [0, 0.05) is 18.7 Å². The molecule has 1 N–H and O–H groups in total. The molecule has 0 saturated heterocycles. The highest BCUT2D eigenvalue weighted by Crippen LogP contribution is 2.27. The van der Waals surface area contributed by atoms with Gasteiger partial charge < -0.3 is 9.73 Å². The van der Waals surface area contributed by atoms with Crippen molar-refractivity contribution in [2.24, 2.45) is 5.92 Å². The highest BCUT2D eigenvalue weighted by molar-refractivity contribution is 5.16. The van der Waals surface area contributed by atoms with Crippen molar-refractivity contribution in [3.63, 3.8) is 0 Å². The highest BCUT2D eigenvalue weighted by Gasteiger charge is 2.21. The van der Waals surface area contributed by atoms with E-state index < -0.39 is 0 Å². The fraction of sp³-hybridized carbons (Fsp3) is 0.714. The molecule has 1 aromatic heterocycles. The third kappa shape index (κ3) is 3.33. The Morgan fingerprint density at radius 2 is 2.29 bits per heavy atom. The van der Waals surface area contributed by atoms with E-state index in [1.807, 2.05) is 7.05 Å². The Kier molecular flexibility index (Phi) is 4.63. The second kappa shape index (κ2) is 6.22. The standard InChI is InChI=1S/C14H24N2O/c1-3-16(10-12-5-4-6-12)11-14-13(9-15-2)7-8-17-14/h7-8,12,15H,3-6,9-11H2,1-2H3. The van der Waals surface area contributed by atoms with E-state index in [0.717, 1.165) is 31.3 Å². The largest absolute Gasteiger partial charge is 0.468 e. The lowest BCUT2D eigenvalue weighted by Crippen LogP contribution is -2.32. The minimum atomic E-state index is 0.896. The number of hydrogen-bond donors (Lipinski definition) is 1. The molecule has 1 aliphatic carbocycles. The summed E-state index contributed by atoms with van der Waals surface area (Å²) in [5.41, 5.74) is 1.29. The molecule has 0 aliphatic heterocycles. The maximum Gasteiger partial charge on any atom is 0.122 e. The Hall–Kier alpha value is -0.800. The molecule has 0 unspecified atom stereocenters. The average Bonchev–Trinajstić information content (AvgIpc) is 2.70. The molecule has 0 atom stereocenters. The molecule has 0 aromatic carbocycles. The van der Waals surface area contributed by atoms with Gasteiger partial charge in [0.05, 0.1) is 12.8 Å². The topological polar surface area (TPSA) is 28.4 Å². The maximum absolute atomic E-state index is 5.60. The van der Waals surface area contributed by atoms with Crippen molar-refractivity contribution in [2.45, 2.75) is 39.3 Å². The molecule has 17 heavy (non-hydrogen) atoms. The molecule has 0 amide bonds. The van der Waals surface area contributed by atoms with Crippen LogP contribution in [0.15, 0.2) is 16.7 Å². The molecule has 0 radical (unpaired) electrons. The van der Waals surface area contributed by atoms with Crippen molar-refractivity contribution in [1.29, 1.82) is 0 Å². The highest BCUT2D eigenvalue weighted by atomic mass is 16.3. The summed E-state index contributed by atoms with van der Waals surface area (Å²) >= 11 is 0. The second-order valence-corrected chi connectivity index (χ2v) is 5.02. The third-order valence-corrected chi connectivity index (χ3v) is 3.76. The van der Waals surface area contributed by atoms with E-state index in [1.54, 1.807) is 6.26 Å². The van der Waals surface area contributed by atoms with Crippen LogP contribution in [0.2, 0.25) is 0 Å². The number of hydrogen-bond acceptors (Lipinski definition) is 3. The van der Waals surface area contributed by atoms with Crippen LogP contribution >= 0.6 is 0 Å². The van der Waals surface area contributed by atoms with E-state index in [4.69, 9.17) is 4.42 Å². The van der Waals surface area contributed by atoms with Crippen molar-refractivity contribution in [3.8, 4) is 0 Å². The molecule has 3 heteroatoms. The zero-order chi connectivity index (χ0) is 12.1. The van der Waals surface area contributed by atoms with Gasteiger partial charge in [-0.3, -0.25) is 4.90 Å². The first-order chi connectivity index (χ1) is 8.33. The molecule has 0 spiro atoms. The van der Waals surface area contributed by atoms with Crippen molar-refractivity contribution in [2.75, 3.05) is 20.1 Å². The van der Waals surface area contributed by atoms with Gasteiger partial charge in [-0.1, -0.05) is 13.3 Å². The van der Waals surface area contributed by atoms with E-state index in [9.17, 15) is 0 Å². The van der Waals surface area contributed by atoms with Gasteiger partial charge in [0.2, 0.25) is 0 Å². The van der Waals surface area contributed by atoms with Crippen LogP contribution in [0.25, 0.3) is 0 Å². The van der Waals surface area contributed by atoms with E-state index in [-0.39, 0.29) is 0 Å². The van der Waals surface area contributed by atoms with Crippen molar-refractivity contribution in [1.82, 2.24) is 10.2 Å². The van der Waals surface area contributed by atoms with Crippen LogP contribution in [0.1, 0.15) is 37.5 Å². The van der Waals surface area contributed by atoms with E-state index in [2.05, 4.69) is 23.2 Å². The van der Waals surface area contributed by atoms with E-state index >= 15 is 0 Å². The molecule has 3 nitrogen and oxygen atoms in total. The zero-order valence-electron chi connectivity index (χ0n) is 11.0. The van der Waals surface area contributed by atoms with Crippen molar-refractivity contribution < 1.29 is 4.42 Å². The molecule has 2 rings (SSSR count). The predicted molar refractivity (Wildman–Crippen MR) is 69.8 cm³/mol. The summed E-state index contributed by atoms with van der Waals surface area (Å²) in [4.78, 5) is 2.50. The minimum Gasteiger partial charge on any atom is -0.468 e. The summed E-state index contributed by atoms with van der Waals surface area (Å²) in [5.74, 6) is 2.05. The van der Waals surface area contributed by atoms with Gasteiger partial charge >= 0.3 is 0 Å². The Morgan fingerprint density at radius 1 is 1.47 bits per heavy atom. The van der Waals surface area contributed by atoms with Crippen LogP contribution in [-0.4, -0.2) is 25.0 Å². The second-order valence-electron chi connectivity index (χ2n) is 5.02. The molecule has 1 saturated carbocycles. The van der Waals surface area contributed by atoms with Gasteiger partial charge in [-0.25, -0.2) is 0 Å². The fourth-order valence-corrected chi connectivity index (χ4v) is 2.40. The summed E-state index contributed by atoms with van der Waals surface area (Å²) < 4.78 is 5.60. The number of nitrogens with one attached hydrogen (secondary N) is 1. The zero-order valence-corrected chi connectivity index (χ0v) is 11.0. The maximum atomic E-state index is 5.60. The van der Waals surface area contributed by atoms with E-state index in [0.29, 0.717) is 0 Å². The Labute approximate surface area is 104 Å². The quantitative estimate of drug-likeness (QED) is 0.789. The fourth-order valence-electron chi connectivity index (χ4n) is 2.40. The molecular formula is C14H24N2O. The van der Waals surface area contributed by atoms with E-state index in [1.165, 1.54) is 31.4 Å². The lowest BCUT2D eigenvalue weighted by Gasteiger charge is -2.31. The van der Waals surface area contributed by atoms with Crippen LogP contribution in [0.3, 0.4) is 0 Å². The molecule has 0 bridgehead atoms. The Bertz CT molecular complexity index is 331. The van der Waals surface area contributed by atoms with Gasteiger partial charge in [-0.15, -0.1) is 0 Å². The first kappa shape index (κ1) is 12.7. The Morgan fingerprint density at radius 3 is 2.88 bits per heavy atom. The van der Waals surface area contributed by atoms with Crippen molar-refractivity contribution >= 4 is 0 Å². The first-order valence-electron chi connectivity index (χ1n) is 6.75. The molecule has 1 aliphatic rings. The minimum absolute atomic E-state index is 0.896. The van der Waals surface area contributed by atoms with Crippen LogP contribution in [0.4, 0.5) is 0 Å². The van der Waals surface area contributed by atoms with Crippen LogP contribution in [-0.2, 0) is 13.1 Å². The lowest BCUT2D eigenvalue weighted by atomic mass is 9.85. The van der Waals surface area contributed by atoms with Gasteiger partial charge in [0.15, 0.2) is 0 Å². The molecule has 1 aromatic rings. The van der Waals surface area contributed by atoms with Crippen LogP contribution < -0.4 is 5.32 Å². The SMILES string of the molecule is CCN(Cc1occc1CNC)CC1CCC1. The normalized spacial score (nSPS) is 16.4. The molecule has 1 heterocycles. The third-order valence-electron chi connectivity index (χ3n) is 3.76. The summed E-state index contributed by atoms with van der Waals surface area (Å²) in [5, 5.41) is 3.19. The number of furan rings is 1.